The molecule has 0 aliphatic rings. The first-order chi connectivity index (χ1) is 9.80. The van der Waals surface area contributed by atoms with Crippen LogP contribution in [-0.2, 0) is 16.8 Å². The fourth-order valence-electron chi connectivity index (χ4n) is 1.81. The van der Waals surface area contributed by atoms with E-state index >= 15 is 0 Å². The highest BCUT2D eigenvalue weighted by atomic mass is 79.9. The normalized spacial score (nSPS) is 11.4. The number of benzene rings is 1. The van der Waals surface area contributed by atoms with Crippen LogP contribution in [0.25, 0.3) is 0 Å². The molecule has 0 radical (unpaired) electrons. The van der Waals surface area contributed by atoms with Gasteiger partial charge >= 0.3 is 5.97 Å². The van der Waals surface area contributed by atoms with Gasteiger partial charge < -0.3 is 10.0 Å². The van der Waals surface area contributed by atoms with Gasteiger partial charge in [-0.05, 0) is 31.5 Å². The maximum absolute atomic E-state index is 11.3. The number of rotatable bonds is 5. The van der Waals surface area contributed by atoms with Gasteiger partial charge in [0.15, 0.2) is 5.13 Å². The lowest BCUT2D eigenvalue weighted by atomic mass is 9.90. The Balaban J connectivity index is 2.16. The molecule has 112 valence electrons. The molecule has 2 aromatic rings. The van der Waals surface area contributed by atoms with Crippen molar-refractivity contribution >= 4 is 38.4 Å². The second kappa shape index (κ2) is 6.15. The van der Waals surface area contributed by atoms with E-state index < -0.39 is 11.4 Å². The van der Waals surface area contributed by atoms with Crippen LogP contribution in [0.15, 0.2) is 34.1 Å². The molecular formula is C15H17BrN2O2S. The van der Waals surface area contributed by atoms with Gasteiger partial charge in [-0.1, -0.05) is 28.1 Å². The minimum atomic E-state index is -0.967. The number of thiazole rings is 1. The standard InChI is InChI=1S/C15H17BrN2O2S/c1-15(2,13(19)20)12-9-21-14(17-12)18(3)8-10-5-4-6-11(16)7-10/h4-7,9H,8H2,1-3H3,(H,19,20). The molecule has 21 heavy (non-hydrogen) atoms. The number of hydrogen-bond donors (Lipinski definition) is 1. The molecule has 0 saturated heterocycles. The Kier molecular flexibility index (Phi) is 4.68. The highest BCUT2D eigenvalue weighted by Crippen LogP contribution is 2.29. The maximum atomic E-state index is 11.3. The van der Waals surface area contributed by atoms with E-state index in [-0.39, 0.29) is 0 Å². The molecule has 0 aliphatic carbocycles. The Morgan fingerprint density at radius 1 is 1.48 bits per heavy atom. The number of carboxylic acids is 1. The van der Waals surface area contributed by atoms with Gasteiger partial charge in [0.05, 0.1) is 5.69 Å². The molecule has 2 rings (SSSR count). The summed E-state index contributed by atoms with van der Waals surface area (Å²) in [6.45, 7) is 4.06. The third-order valence-corrected chi connectivity index (χ3v) is 4.75. The van der Waals surface area contributed by atoms with Gasteiger partial charge in [-0.25, -0.2) is 4.98 Å². The maximum Gasteiger partial charge on any atom is 0.315 e. The zero-order valence-corrected chi connectivity index (χ0v) is 14.5. The molecular weight excluding hydrogens is 352 g/mol. The summed E-state index contributed by atoms with van der Waals surface area (Å²) in [6.07, 6.45) is 0. The van der Waals surface area contributed by atoms with E-state index in [1.807, 2.05) is 29.5 Å². The Morgan fingerprint density at radius 3 is 2.81 bits per heavy atom. The minimum Gasteiger partial charge on any atom is -0.481 e. The van der Waals surface area contributed by atoms with Crippen LogP contribution in [0.4, 0.5) is 5.13 Å². The van der Waals surface area contributed by atoms with Crippen molar-refractivity contribution in [2.45, 2.75) is 25.8 Å². The summed E-state index contributed by atoms with van der Waals surface area (Å²) in [5, 5.41) is 11.9. The Hall–Kier alpha value is -1.40. The number of carbonyl (C=O) groups is 1. The van der Waals surface area contributed by atoms with Crippen LogP contribution in [0, 0.1) is 0 Å². The molecule has 0 atom stereocenters. The third-order valence-electron chi connectivity index (χ3n) is 3.30. The van der Waals surface area contributed by atoms with Crippen LogP contribution in [0.3, 0.4) is 0 Å². The van der Waals surface area contributed by atoms with Crippen LogP contribution in [0.5, 0.6) is 0 Å². The second-order valence-electron chi connectivity index (χ2n) is 5.43. The number of aromatic nitrogens is 1. The van der Waals surface area contributed by atoms with Crippen molar-refractivity contribution < 1.29 is 9.90 Å². The topological polar surface area (TPSA) is 53.4 Å². The Morgan fingerprint density at radius 2 is 2.19 bits per heavy atom. The quantitative estimate of drug-likeness (QED) is 0.869. The summed E-state index contributed by atoms with van der Waals surface area (Å²) in [7, 11) is 1.96. The average molecular weight is 369 g/mol. The van der Waals surface area contributed by atoms with E-state index in [1.165, 1.54) is 16.9 Å². The van der Waals surface area contributed by atoms with Crippen molar-refractivity contribution in [3.8, 4) is 0 Å². The van der Waals surface area contributed by atoms with Gasteiger partial charge in [0.1, 0.15) is 5.41 Å². The van der Waals surface area contributed by atoms with Crippen LogP contribution in [0.1, 0.15) is 25.1 Å². The number of halogens is 1. The van der Waals surface area contributed by atoms with Crippen LogP contribution < -0.4 is 4.90 Å². The van der Waals surface area contributed by atoms with E-state index in [2.05, 4.69) is 33.0 Å². The van der Waals surface area contributed by atoms with E-state index in [4.69, 9.17) is 0 Å². The lowest BCUT2D eigenvalue weighted by Crippen LogP contribution is -2.29. The second-order valence-corrected chi connectivity index (χ2v) is 7.18. The van der Waals surface area contributed by atoms with Gasteiger partial charge in [0, 0.05) is 23.4 Å². The fraction of sp³-hybridized carbons (Fsp3) is 0.333. The molecule has 1 aromatic carbocycles. The average Bonchev–Trinajstić information content (AvgIpc) is 2.88. The summed E-state index contributed by atoms with van der Waals surface area (Å²) in [5.74, 6) is -0.867. The molecule has 0 unspecified atom stereocenters. The predicted molar refractivity (Wildman–Crippen MR) is 89.0 cm³/mol. The molecule has 0 bridgehead atoms. The zero-order valence-electron chi connectivity index (χ0n) is 12.1. The van der Waals surface area contributed by atoms with Crippen molar-refractivity contribution in [3.05, 3.63) is 45.4 Å². The molecule has 1 heterocycles. The van der Waals surface area contributed by atoms with E-state index in [0.29, 0.717) is 5.69 Å². The van der Waals surface area contributed by atoms with Gasteiger partial charge in [0.2, 0.25) is 0 Å². The van der Waals surface area contributed by atoms with Crippen LogP contribution in [0.2, 0.25) is 0 Å². The number of anilines is 1. The summed E-state index contributed by atoms with van der Waals surface area (Å²) >= 11 is 4.92. The van der Waals surface area contributed by atoms with Crippen LogP contribution >= 0.6 is 27.3 Å². The van der Waals surface area contributed by atoms with Crippen LogP contribution in [-0.4, -0.2) is 23.1 Å². The lowest BCUT2D eigenvalue weighted by molar-refractivity contribution is -0.142. The smallest absolute Gasteiger partial charge is 0.315 e. The fourth-order valence-corrected chi connectivity index (χ4v) is 3.22. The number of nitrogens with zero attached hydrogens (tertiary/aromatic N) is 2. The summed E-state index contributed by atoms with van der Waals surface area (Å²) in [6, 6.07) is 8.09. The van der Waals surface area contributed by atoms with E-state index in [0.717, 1.165) is 16.1 Å². The Bertz CT molecular complexity index is 655. The van der Waals surface area contributed by atoms with Crippen molar-refractivity contribution in [1.29, 1.82) is 0 Å². The van der Waals surface area contributed by atoms with Gasteiger partial charge in [0.25, 0.3) is 0 Å². The molecule has 1 N–H and O–H groups in total. The summed E-state index contributed by atoms with van der Waals surface area (Å²) in [4.78, 5) is 17.8. The number of aliphatic carboxylic acids is 1. The molecule has 4 nitrogen and oxygen atoms in total. The first-order valence-electron chi connectivity index (χ1n) is 6.45. The molecule has 0 amide bonds. The number of carboxylic acid groups (broad SMARTS) is 1. The molecule has 0 saturated carbocycles. The summed E-state index contributed by atoms with van der Waals surface area (Å²) < 4.78 is 1.04. The van der Waals surface area contributed by atoms with Gasteiger partial charge in [-0.15, -0.1) is 11.3 Å². The molecule has 0 spiro atoms. The number of hydrogen-bond acceptors (Lipinski definition) is 4. The van der Waals surface area contributed by atoms with Crippen molar-refractivity contribution in [3.63, 3.8) is 0 Å². The van der Waals surface area contributed by atoms with Gasteiger partial charge in [-0.2, -0.15) is 0 Å². The monoisotopic (exact) mass is 368 g/mol. The molecule has 0 aliphatic heterocycles. The Labute approximate surface area is 136 Å². The highest BCUT2D eigenvalue weighted by Gasteiger charge is 2.32. The zero-order chi connectivity index (χ0) is 15.6. The van der Waals surface area contributed by atoms with E-state index in [1.54, 1.807) is 13.8 Å². The van der Waals surface area contributed by atoms with E-state index in [9.17, 15) is 9.90 Å². The third kappa shape index (κ3) is 3.63. The first kappa shape index (κ1) is 16.0. The summed E-state index contributed by atoms with van der Waals surface area (Å²) in [5.41, 5.74) is 0.794. The minimum absolute atomic E-state index is 0.594. The molecule has 1 aromatic heterocycles. The first-order valence-corrected chi connectivity index (χ1v) is 8.13. The predicted octanol–water partition coefficient (Wildman–Crippen LogP) is 3.90. The van der Waals surface area contributed by atoms with Crippen molar-refractivity contribution in [2.24, 2.45) is 0 Å². The largest absolute Gasteiger partial charge is 0.481 e. The van der Waals surface area contributed by atoms with Crippen molar-refractivity contribution in [1.82, 2.24) is 4.98 Å². The van der Waals surface area contributed by atoms with Crippen molar-refractivity contribution in [2.75, 3.05) is 11.9 Å². The molecule has 0 fully saturated rings. The molecule has 6 heteroatoms. The lowest BCUT2D eigenvalue weighted by Gasteiger charge is -2.18. The SMILES string of the molecule is CN(Cc1cccc(Br)c1)c1nc(C(C)(C)C(=O)O)cs1. The highest BCUT2D eigenvalue weighted by molar-refractivity contribution is 9.10. The van der Waals surface area contributed by atoms with Gasteiger partial charge in [-0.3, -0.25) is 4.79 Å².